The van der Waals surface area contributed by atoms with Gasteiger partial charge in [-0.05, 0) is 57.0 Å². The molecule has 0 saturated carbocycles. The number of nitrogens with one attached hydrogen (secondary N) is 1. The van der Waals surface area contributed by atoms with E-state index in [0.29, 0.717) is 23.2 Å². The van der Waals surface area contributed by atoms with E-state index in [1.54, 1.807) is 26.8 Å². The minimum Gasteiger partial charge on any atom is -0.443 e. The summed E-state index contributed by atoms with van der Waals surface area (Å²) in [6.45, 7) is 5.62. The first kappa shape index (κ1) is 25.0. The molecule has 0 saturated heterocycles. The molecule has 1 aromatic heterocycles. The fourth-order valence-corrected chi connectivity index (χ4v) is 5.35. The minimum absolute atomic E-state index is 0.0503. The Morgan fingerprint density at radius 1 is 0.971 bits per heavy atom. The molecule has 0 aliphatic heterocycles. The Labute approximate surface area is 210 Å². The van der Waals surface area contributed by atoms with Crippen molar-refractivity contribution in [2.75, 3.05) is 6.54 Å². The zero-order valence-electron chi connectivity index (χ0n) is 19.8. The SMILES string of the molecule is CC(C)(C)OC(=O)n1c(-c2ccc(Cl)c(S(=O)(=O)NCCc3ccccc3)c2)cc2ccccc21. The number of para-hydroxylation sites is 1. The highest BCUT2D eigenvalue weighted by molar-refractivity contribution is 7.89. The van der Waals surface area contributed by atoms with Gasteiger partial charge in [0.05, 0.1) is 16.2 Å². The first-order valence-corrected chi connectivity index (χ1v) is 13.1. The van der Waals surface area contributed by atoms with Crippen molar-refractivity contribution in [3.63, 3.8) is 0 Å². The van der Waals surface area contributed by atoms with Crippen LogP contribution in [-0.2, 0) is 21.2 Å². The van der Waals surface area contributed by atoms with Gasteiger partial charge >= 0.3 is 6.09 Å². The molecule has 35 heavy (non-hydrogen) atoms. The fraction of sp³-hybridized carbons (Fsp3) is 0.222. The Morgan fingerprint density at radius 2 is 1.66 bits per heavy atom. The number of nitrogens with zero attached hydrogens (tertiary/aromatic N) is 1. The van der Waals surface area contributed by atoms with Crippen LogP contribution in [0.15, 0.2) is 83.8 Å². The second-order valence-electron chi connectivity index (χ2n) is 9.18. The van der Waals surface area contributed by atoms with Crippen LogP contribution in [0, 0.1) is 0 Å². The maximum Gasteiger partial charge on any atom is 0.419 e. The zero-order valence-corrected chi connectivity index (χ0v) is 21.4. The van der Waals surface area contributed by atoms with Crippen LogP contribution in [0.3, 0.4) is 0 Å². The highest BCUT2D eigenvalue weighted by atomic mass is 35.5. The van der Waals surface area contributed by atoms with Crippen LogP contribution >= 0.6 is 11.6 Å². The average molecular weight is 511 g/mol. The number of carbonyl (C=O) groups is 1. The molecule has 0 spiro atoms. The van der Waals surface area contributed by atoms with Gasteiger partial charge in [0.25, 0.3) is 0 Å². The molecule has 4 aromatic rings. The van der Waals surface area contributed by atoms with Crippen molar-refractivity contribution in [2.45, 2.75) is 37.7 Å². The molecular weight excluding hydrogens is 484 g/mol. The van der Waals surface area contributed by atoms with E-state index in [1.807, 2.05) is 60.7 Å². The lowest BCUT2D eigenvalue weighted by molar-refractivity contribution is 0.0547. The number of ether oxygens (including phenoxy) is 1. The molecule has 1 N–H and O–H groups in total. The second kappa shape index (κ2) is 9.85. The van der Waals surface area contributed by atoms with Crippen LogP contribution in [0.1, 0.15) is 26.3 Å². The number of rotatable bonds is 6. The summed E-state index contributed by atoms with van der Waals surface area (Å²) in [6, 6.07) is 23.6. The van der Waals surface area contributed by atoms with E-state index in [2.05, 4.69) is 4.72 Å². The minimum atomic E-state index is -3.89. The number of carbonyl (C=O) groups excluding carboxylic acids is 1. The summed E-state index contributed by atoms with van der Waals surface area (Å²) in [5, 5.41) is 0.926. The van der Waals surface area contributed by atoms with Gasteiger partial charge in [0.15, 0.2) is 0 Å². The number of sulfonamides is 1. The first-order valence-electron chi connectivity index (χ1n) is 11.2. The van der Waals surface area contributed by atoms with Gasteiger partial charge in [-0.2, -0.15) is 0 Å². The Kier molecular flexibility index (Phi) is 7.03. The van der Waals surface area contributed by atoms with E-state index < -0.39 is 21.7 Å². The zero-order chi connectivity index (χ0) is 25.2. The predicted octanol–water partition coefficient (Wildman–Crippen LogP) is 6.27. The largest absolute Gasteiger partial charge is 0.443 e. The molecule has 0 amide bonds. The third-order valence-electron chi connectivity index (χ3n) is 5.35. The molecular formula is C27H27ClN2O4S. The molecule has 1 heterocycles. The summed E-state index contributed by atoms with van der Waals surface area (Å²) in [5.74, 6) is 0. The van der Waals surface area contributed by atoms with E-state index in [1.165, 1.54) is 16.7 Å². The molecule has 3 aromatic carbocycles. The standard InChI is InChI=1S/C27H27ClN2O4S/c1-27(2,3)34-26(31)30-23-12-8-7-11-20(23)17-24(30)21-13-14-22(28)25(18-21)35(32,33)29-16-15-19-9-5-4-6-10-19/h4-14,17-18,29H,15-16H2,1-3H3. The number of hydrogen-bond acceptors (Lipinski definition) is 4. The monoisotopic (exact) mass is 510 g/mol. The van der Waals surface area contributed by atoms with Crippen molar-refractivity contribution in [1.29, 1.82) is 0 Å². The van der Waals surface area contributed by atoms with Gasteiger partial charge in [-0.3, -0.25) is 0 Å². The molecule has 0 fully saturated rings. The van der Waals surface area contributed by atoms with Crippen LogP contribution in [0.5, 0.6) is 0 Å². The molecule has 182 valence electrons. The number of halogens is 1. The van der Waals surface area contributed by atoms with Crippen molar-refractivity contribution in [2.24, 2.45) is 0 Å². The van der Waals surface area contributed by atoms with Crippen molar-refractivity contribution in [3.8, 4) is 11.3 Å². The maximum absolute atomic E-state index is 13.1. The molecule has 0 aliphatic carbocycles. The van der Waals surface area contributed by atoms with E-state index in [-0.39, 0.29) is 16.5 Å². The molecule has 8 heteroatoms. The number of aromatic nitrogens is 1. The third-order valence-corrected chi connectivity index (χ3v) is 7.29. The van der Waals surface area contributed by atoms with Gasteiger partial charge in [0, 0.05) is 17.5 Å². The highest BCUT2D eigenvalue weighted by Crippen LogP contribution is 2.33. The summed E-state index contributed by atoms with van der Waals surface area (Å²) in [5.41, 5.74) is 2.03. The van der Waals surface area contributed by atoms with Crippen LogP contribution in [0.25, 0.3) is 22.2 Å². The number of hydrogen-bond donors (Lipinski definition) is 1. The van der Waals surface area contributed by atoms with Gasteiger partial charge in [-0.1, -0.05) is 66.2 Å². The van der Waals surface area contributed by atoms with Gasteiger partial charge < -0.3 is 4.74 Å². The molecule has 0 radical (unpaired) electrons. The van der Waals surface area contributed by atoms with Crippen LogP contribution in [0.2, 0.25) is 5.02 Å². The lowest BCUT2D eigenvalue weighted by atomic mass is 10.1. The average Bonchev–Trinajstić information content (AvgIpc) is 3.18. The first-order chi connectivity index (χ1) is 16.5. The third kappa shape index (κ3) is 5.75. The van der Waals surface area contributed by atoms with Gasteiger partial charge in [-0.25, -0.2) is 22.5 Å². The van der Waals surface area contributed by atoms with E-state index in [0.717, 1.165) is 10.9 Å². The molecule has 6 nitrogen and oxygen atoms in total. The highest BCUT2D eigenvalue weighted by Gasteiger charge is 2.24. The van der Waals surface area contributed by atoms with Crippen molar-refractivity contribution >= 4 is 38.6 Å². The Balaban J connectivity index is 1.71. The summed E-state index contributed by atoms with van der Waals surface area (Å²) >= 11 is 6.31. The van der Waals surface area contributed by atoms with Gasteiger partial charge in [-0.15, -0.1) is 0 Å². The Morgan fingerprint density at radius 3 is 2.37 bits per heavy atom. The number of fused-ring (bicyclic) bond motifs is 1. The van der Waals surface area contributed by atoms with Crippen molar-refractivity contribution in [3.05, 3.63) is 89.4 Å². The molecule has 4 rings (SSSR count). The van der Waals surface area contributed by atoms with Crippen molar-refractivity contribution in [1.82, 2.24) is 9.29 Å². The van der Waals surface area contributed by atoms with Gasteiger partial charge in [0.2, 0.25) is 10.0 Å². The van der Waals surface area contributed by atoms with Gasteiger partial charge in [0.1, 0.15) is 10.5 Å². The van der Waals surface area contributed by atoms with E-state index in [9.17, 15) is 13.2 Å². The predicted molar refractivity (Wildman–Crippen MR) is 139 cm³/mol. The quantitative estimate of drug-likeness (QED) is 0.332. The van der Waals surface area contributed by atoms with Crippen LogP contribution in [0.4, 0.5) is 4.79 Å². The van der Waals surface area contributed by atoms with Crippen molar-refractivity contribution < 1.29 is 17.9 Å². The second-order valence-corrected chi connectivity index (χ2v) is 11.3. The van der Waals surface area contributed by atoms with E-state index >= 15 is 0 Å². The summed E-state index contributed by atoms with van der Waals surface area (Å²) in [4.78, 5) is 13.1. The Hall–Kier alpha value is -3.13. The summed E-state index contributed by atoms with van der Waals surface area (Å²) in [6.07, 6.45) is -0.00129. The maximum atomic E-state index is 13.1. The van der Waals surface area contributed by atoms with E-state index in [4.69, 9.17) is 16.3 Å². The summed E-state index contributed by atoms with van der Waals surface area (Å²) < 4.78 is 35.9. The molecule has 0 aliphatic rings. The molecule has 0 bridgehead atoms. The number of benzene rings is 3. The lowest BCUT2D eigenvalue weighted by Gasteiger charge is -2.21. The fourth-order valence-electron chi connectivity index (χ4n) is 3.79. The molecule has 0 unspecified atom stereocenters. The Bertz CT molecular complexity index is 1470. The normalized spacial score (nSPS) is 12.1. The molecule has 0 atom stereocenters. The lowest BCUT2D eigenvalue weighted by Crippen LogP contribution is -2.27. The topological polar surface area (TPSA) is 77.4 Å². The van der Waals surface area contributed by atoms with Crippen LogP contribution < -0.4 is 4.72 Å². The smallest absolute Gasteiger partial charge is 0.419 e. The van der Waals surface area contributed by atoms with Crippen LogP contribution in [-0.4, -0.2) is 31.2 Å². The summed E-state index contributed by atoms with van der Waals surface area (Å²) in [7, 11) is -3.89.